The number of aryl methyl sites for hydroxylation is 2. The first kappa shape index (κ1) is 16.9. The van der Waals surface area contributed by atoms with E-state index in [0.717, 1.165) is 28.1 Å². The molecule has 0 radical (unpaired) electrons. The first-order chi connectivity index (χ1) is 12.1. The van der Waals surface area contributed by atoms with Crippen LogP contribution in [0.25, 0.3) is 10.9 Å². The van der Waals surface area contributed by atoms with Gasteiger partial charge < -0.3 is 19.8 Å². The zero-order valence-corrected chi connectivity index (χ0v) is 14.7. The number of aromatic amines is 1. The van der Waals surface area contributed by atoms with Crippen LogP contribution in [-0.2, 0) is 0 Å². The SMILES string of the molecule is COc1ccc(OCCNC(=O)c2ccc3[nH]c(C)c(C)c3c2)cc1. The molecule has 5 nitrogen and oxygen atoms in total. The first-order valence-electron chi connectivity index (χ1n) is 8.22. The molecule has 0 aliphatic rings. The zero-order valence-electron chi connectivity index (χ0n) is 14.7. The van der Waals surface area contributed by atoms with E-state index in [1.807, 2.05) is 49.4 Å². The van der Waals surface area contributed by atoms with Gasteiger partial charge in [-0.2, -0.15) is 0 Å². The third kappa shape index (κ3) is 3.76. The number of carbonyl (C=O) groups excluding carboxylic acids is 1. The normalized spacial score (nSPS) is 10.7. The molecule has 2 N–H and O–H groups in total. The molecule has 0 unspecified atom stereocenters. The molecule has 0 spiro atoms. The van der Waals surface area contributed by atoms with Crippen molar-refractivity contribution in [2.75, 3.05) is 20.3 Å². The average molecular weight is 338 g/mol. The van der Waals surface area contributed by atoms with E-state index in [1.165, 1.54) is 5.56 Å². The van der Waals surface area contributed by atoms with E-state index >= 15 is 0 Å². The van der Waals surface area contributed by atoms with Crippen LogP contribution in [-0.4, -0.2) is 31.2 Å². The molecule has 0 atom stereocenters. The molecule has 3 aromatic rings. The standard InChI is InChI=1S/C20H22N2O3/c1-13-14(2)22-19-9-4-15(12-18(13)19)20(23)21-10-11-25-17-7-5-16(24-3)6-8-17/h4-9,12,22H,10-11H2,1-3H3,(H,21,23). The summed E-state index contributed by atoms with van der Waals surface area (Å²) in [5, 5.41) is 3.97. The van der Waals surface area contributed by atoms with Gasteiger partial charge in [-0.15, -0.1) is 0 Å². The van der Waals surface area contributed by atoms with Gasteiger partial charge in [0.25, 0.3) is 5.91 Å². The Morgan fingerprint density at radius 2 is 1.80 bits per heavy atom. The van der Waals surface area contributed by atoms with Crippen molar-refractivity contribution in [3.63, 3.8) is 0 Å². The maximum Gasteiger partial charge on any atom is 0.251 e. The highest BCUT2D eigenvalue weighted by atomic mass is 16.5. The van der Waals surface area contributed by atoms with Gasteiger partial charge in [-0.1, -0.05) is 0 Å². The molecule has 0 aliphatic carbocycles. The van der Waals surface area contributed by atoms with Gasteiger partial charge in [0.1, 0.15) is 18.1 Å². The van der Waals surface area contributed by atoms with Crippen molar-refractivity contribution in [2.45, 2.75) is 13.8 Å². The van der Waals surface area contributed by atoms with Gasteiger partial charge >= 0.3 is 0 Å². The fourth-order valence-corrected chi connectivity index (χ4v) is 2.71. The third-order valence-electron chi connectivity index (χ3n) is 4.29. The van der Waals surface area contributed by atoms with E-state index in [0.29, 0.717) is 18.7 Å². The number of H-pyrrole nitrogens is 1. The molecule has 1 aromatic heterocycles. The lowest BCUT2D eigenvalue weighted by molar-refractivity contribution is 0.0947. The number of hydrogen-bond donors (Lipinski definition) is 2. The predicted octanol–water partition coefficient (Wildman–Crippen LogP) is 3.60. The summed E-state index contributed by atoms with van der Waals surface area (Å²) >= 11 is 0. The second kappa shape index (κ2) is 7.30. The van der Waals surface area contributed by atoms with Gasteiger partial charge in [-0.3, -0.25) is 4.79 Å². The summed E-state index contributed by atoms with van der Waals surface area (Å²) in [5.41, 5.74) is 4.00. The van der Waals surface area contributed by atoms with Gasteiger partial charge in [0.2, 0.25) is 0 Å². The van der Waals surface area contributed by atoms with Crippen LogP contribution in [0.3, 0.4) is 0 Å². The number of rotatable bonds is 6. The van der Waals surface area contributed by atoms with Gasteiger partial charge in [-0.05, 0) is 61.9 Å². The minimum Gasteiger partial charge on any atom is -0.497 e. The molecule has 0 bridgehead atoms. The highest BCUT2D eigenvalue weighted by molar-refractivity contribution is 5.99. The van der Waals surface area contributed by atoms with E-state index < -0.39 is 0 Å². The summed E-state index contributed by atoms with van der Waals surface area (Å²) in [6, 6.07) is 13.1. The highest BCUT2D eigenvalue weighted by Gasteiger charge is 2.09. The van der Waals surface area contributed by atoms with E-state index in [4.69, 9.17) is 9.47 Å². The van der Waals surface area contributed by atoms with Crippen LogP contribution in [0.2, 0.25) is 0 Å². The number of fused-ring (bicyclic) bond motifs is 1. The Kier molecular flexibility index (Phi) is 4.93. The molecule has 2 aromatic carbocycles. The van der Waals surface area contributed by atoms with Gasteiger partial charge in [0.15, 0.2) is 0 Å². The average Bonchev–Trinajstić information content (AvgIpc) is 2.93. The molecule has 5 heteroatoms. The lowest BCUT2D eigenvalue weighted by atomic mass is 10.1. The van der Waals surface area contributed by atoms with Crippen LogP contribution in [0, 0.1) is 13.8 Å². The van der Waals surface area contributed by atoms with Crippen LogP contribution in [0.5, 0.6) is 11.5 Å². The maximum absolute atomic E-state index is 12.3. The topological polar surface area (TPSA) is 63.4 Å². The number of amides is 1. The van der Waals surface area contributed by atoms with Crippen molar-refractivity contribution in [3.05, 3.63) is 59.3 Å². The molecule has 0 fully saturated rings. The Morgan fingerprint density at radius 1 is 1.08 bits per heavy atom. The number of methoxy groups -OCH3 is 1. The van der Waals surface area contributed by atoms with Gasteiger partial charge in [0, 0.05) is 22.2 Å². The molecule has 0 saturated heterocycles. The Labute approximate surface area is 147 Å². The van der Waals surface area contributed by atoms with Gasteiger partial charge in [0.05, 0.1) is 13.7 Å². The third-order valence-corrected chi connectivity index (χ3v) is 4.29. The second-order valence-corrected chi connectivity index (χ2v) is 5.92. The maximum atomic E-state index is 12.3. The van der Waals surface area contributed by atoms with Crippen LogP contribution in [0.15, 0.2) is 42.5 Å². The highest BCUT2D eigenvalue weighted by Crippen LogP contribution is 2.22. The van der Waals surface area contributed by atoms with E-state index in [-0.39, 0.29) is 5.91 Å². The molecular weight excluding hydrogens is 316 g/mol. The number of carbonyl (C=O) groups is 1. The van der Waals surface area contributed by atoms with Crippen LogP contribution in [0.1, 0.15) is 21.6 Å². The molecule has 25 heavy (non-hydrogen) atoms. The first-order valence-corrected chi connectivity index (χ1v) is 8.22. The summed E-state index contributed by atoms with van der Waals surface area (Å²) in [6.07, 6.45) is 0. The van der Waals surface area contributed by atoms with Crippen molar-refractivity contribution < 1.29 is 14.3 Å². The Hall–Kier alpha value is -2.95. The molecule has 3 rings (SSSR count). The summed E-state index contributed by atoms with van der Waals surface area (Å²) < 4.78 is 10.7. The summed E-state index contributed by atoms with van der Waals surface area (Å²) in [4.78, 5) is 15.6. The zero-order chi connectivity index (χ0) is 17.8. The van der Waals surface area contributed by atoms with Crippen molar-refractivity contribution in [1.82, 2.24) is 10.3 Å². The van der Waals surface area contributed by atoms with Crippen LogP contribution >= 0.6 is 0 Å². The smallest absolute Gasteiger partial charge is 0.251 e. The second-order valence-electron chi connectivity index (χ2n) is 5.92. The number of ether oxygens (including phenoxy) is 2. The van der Waals surface area contributed by atoms with Crippen molar-refractivity contribution in [3.8, 4) is 11.5 Å². The summed E-state index contributed by atoms with van der Waals surface area (Å²) in [6.45, 7) is 4.93. The quantitative estimate of drug-likeness (QED) is 0.675. The van der Waals surface area contributed by atoms with Crippen molar-refractivity contribution >= 4 is 16.8 Å². The number of nitrogens with one attached hydrogen (secondary N) is 2. The lowest BCUT2D eigenvalue weighted by Crippen LogP contribution is -2.28. The monoisotopic (exact) mass is 338 g/mol. The Balaban J connectivity index is 1.54. The predicted molar refractivity (Wildman–Crippen MR) is 98.6 cm³/mol. The van der Waals surface area contributed by atoms with E-state index in [2.05, 4.69) is 17.2 Å². The molecular formula is C20H22N2O3. The van der Waals surface area contributed by atoms with Crippen molar-refractivity contribution in [2.24, 2.45) is 0 Å². The summed E-state index contributed by atoms with van der Waals surface area (Å²) in [7, 11) is 1.62. The number of hydrogen-bond acceptors (Lipinski definition) is 3. The summed E-state index contributed by atoms with van der Waals surface area (Å²) in [5.74, 6) is 1.43. The fraction of sp³-hybridized carbons (Fsp3) is 0.250. The number of benzene rings is 2. The van der Waals surface area contributed by atoms with Crippen LogP contribution in [0.4, 0.5) is 0 Å². The minimum atomic E-state index is -0.0986. The Morgan fingerprint density at radius 3 is 2.52 bits per heavy atom. The lowest BCUT2D eigenvalue weighted by Gasteiger charge is -2.08. The molecule has 130 valence electrons. The van der Waals surface area contributed by atoms with Crippen molar-refractivity contribution in [1.29, 1.82) is 0 Å². The molecule has 1 amide bonds. The Bertz CT molecular complexity index is 882. The fourth-order valence-electron chi connectivity index (χ4n) is 2.71. The number of aromatic nitrogens is 1. The van der Waals surface area contributed by atoms with Crippen LogP contribution < -0.4 is 14.8 Å². The molecule has 1 heterocycles. The minimum absolute atomic E-state index is 0.0986. The largest absolute Gasteiger partial charge is 0.497 e. The molecule has 0 saturated carbocycles. The van der Waals surface area contributed by atoms with Gasteiger partial charge in [-0.25, -0.2) is 0 Å². The van der Waals surface area contributed by atoms with E-state index in [9.17, 15) is 4.79 Å². The molecule has 0 aliphatic heterocycles. The van der Waals surface area contributed by atoms with E-state index in [1.54, 1.807) is 7.11 Å².